The first-order valence-corrected chi connectivity index (χ1v) is 10.2. The number of benzene rings is 1. The average Bonchev–Trinajstić information content (AvgIpc) is 3.32. The molecule has 1 aliphatic carbocycles. The molecule has 1 aromatic carbocycles. The fourth-order valence-electron chi connectivity index (χ4n) is 4.64. The first-order valence-electron chi connectivity index (χ1n) is 10.2. The number of piperidine rings is 1. The van der Waals surface area contributed by atoms with Crippen LogP contribution in [0, 0.1) is 16.0 Å². The summed E-state index contributed by atoms with van der Waals surface area (Å²) in [5, 5.41) is 14.9. The van der Waals surface area contributed by atoms with Crippen LogP contribution >= 0.6 is 0 Å². The number of nitrogens with zero attached hydrogens (tertiary/aromatic N) is 2. The van der Waals surface area contributed by atoms with Crippen LogP contribution in [0.5, 0.6) is 11.5 Å². The molecule has 152 valence electrons. The minimum Gasteiger partial charge on any atom is -0.454 e. The van der Waals surface area contributed by atoms with Gasteiger partial charge in [0.1, 0.15) is 6.04 Å². The molecule has 3 aliphatic rings. The fourth-order valence-corrected chi connectivity index (χ4v) is 4.64. The van der Waals surface area contributed by atoms with Crippen LogP contribution in [0.2, 0.25) is 0 Å². The molecule has 0 spiro atoms. The fraction of sp³-hybridized carbons (Fsp3) is 0.650. The van der Waals surface area contributed by atoms with Gasteiger partial charge in [-0.15, -0.1) is 0 Å². The van der Waals surface area contributed by atoms with Crippen molar-refractivity contribution < 1.29 is 19.2 Å². The van der Waals surface area contributed by atoms with E-state index < -0.39 is 11.0 Å². The van der Waals surface area contributed by atoms with E-state index in [1.165, 1.54) is 6.07 Å². The van der Waals surface area contributed by atoms with Crippen LogP contribution in [-0.4, -0.2) is 41.7 Å². The second-order valence-corrected chi connectivity index (χ2v) is 8.16. The van der Waals surface area contributed by atoms with Crippen molar-refractivity contribution in [1.82, 2.24) is 10.2 Å². The SMILES string of the molecule is C[C@@H]1CCCN([C@H](C(=O)NC2CCCC2)c2cc3c(cc2[N+](=O)[O-])OCO3)C1. The van der Waals surface area contributed by atoms with E-state index in [1.807, 2.05) is 0 Å². The molecule has 0 radical (unpaired) electrons. The Morgan fingerprint density at radius 3 is 2.61 bits per heavy atom. The van der Waals surface area contributed by atoms with Crippen LogP contribution < -0.4 is 14.8 Å². The Morgan fingerprint density at radius 1 is 1.21 bits per heavy atom. The van der Waals surface area contributed by atoms with Gasteiger partial charge in [0, 0.05) is 12.6 Å². The number of hydrogen-bond acceptors (Lipinski definition) is 6. The van der Waals surface area contributed by atoms with E-state index in [1.54, 1.807) is 6.07 Å². The third kappa shape index (κ3) is 3.78. The molecule has 1 aromatic rings. The molecule has 2 atom stereocenters. The molecular weight excluding hydrogens is 362 g/mol. The van der Waals surface area contributed by atoms with Gasteiger partial charge < -0.3 is 14.8 Å². The third-order valence-electron chi connectivity index (χ3n) is 6.02. The van der Waals surface area contributed by atoms with Gasteiger partial charge in [0.15, 0.2) is 11.5 Å². The summed E-state index contributed by atoms with van der Waals surface area (Å²) in [4.78, 5) is 26.8. The largest absolute Gasteiger partial charge is 0.454 e. The molecule has 1 N–H and O–H groups in total. The molecule has 0 aromatic heterocycles. The van der Waals surface area contributed by atoms with Gasteiger partial charge in [-0.25, -0.2) is 0 Å². The Morgan fingerprint density at radius 2 is 1.93 bits per heavy atom. The van der Waals surface area contributed by atoms with Gasteiger partial charge in [-0.1, -0.05) is 19.8 Å². The lowest BCUT2D eigenvalue weighted by Crippen LogP contribution is -2.47. The first-order chi connectivity index (χ1) is 13.5. The van der Waals surface area contributed by atoms with Gasteiger partial charge in [0.2, 0.25) is 12.7 Å². The van der Waals surface area contributed by atoms with Crippen molar-refractivity contribution in [2.24, 2.45) is 5.92 Å². The van der Waals surface area contributed by atoms with Gasteiger partial charge in [-0.2, -0.15) is 0 Å². The summed E-state index contributed by atoms with van der Waals surface area (Å²) in [6.45, 7) is 3.69. The molecular formula is C20H27N3O5. The number of carbonyl (C=O) groups is 1. The third-order valence-corrected chi connectivity index (χ3v) is 6.02. The number of nitro benzene ring substituents is 1. The maximum absolute atomic E-state index is 13.3. The molecule has 8 heteroatoms. The summed E-state index contributed by atoms with van der Waals surface area (Å²) in [5.74, 6) is 1.12. The van der Waals surface area contributed by atoms with Crippen molar-refractivity contribution in [2.75, 3.05) is 19.9 Å². The average molecular weight is 389 g/mol. The summed E-state index contributed by atoms with van der Waals surface area (Å²) < 4.78 is 10.8. The Balaban J connectivity index is 1.72. The van der Waals surface area contributed by atoms with Crippen LogP contribution in [0.4, 0.5) is 5.69 Å². The summed E-state index contributed by atoms with van der Waals surface area (Å²) in [6.07, 6.45) is 6.25. The second-order valence-electron chi connectivity index (χ2n) is 8.16. The number of rotatable bonds is 5. The van der Waals surface area contributed by atoms with E-state index in [0.717, 1.165) is 51.6 Å². The number of carbonyl (C=O) groups excluding carboxylic acids is 1. The maximum Gasteiger partial charge on any atom is 0.278 e. The molecule has 2 aliphatic heterocycles. The lowest BCUT2D eigenvalue weighted by atomic mass is 9.94. The molecule has 1 saturated heterocycles. The molecule has 2 fully saturated rings. The van der Waals surface area contributed by atoms with Crippen LogP contribution in [0.25, 0.3) is 0 Å². The lowest BCUT2D eigenvalue weighted by molar-refractivity contribution is -0.386. The van der Waals surface area contributed by atoms with Crippen LogP contribution in [0.15, 0.2) is 12.1 Å². The Bertz CT molecular complexity index is 762. The molecule has 8 nitrogen and oxygen atoms in total. The van der Waals surface area contributed by atoms with Crippen LogP contribution in [-0.2, 0) is 4.79 Å². The summed E-state index contributed by atoms with van der Waals surface area (Å²) in [7, 11) is 0. The molecule has 2 heterocycles. The van der Waals surface area contributed by atoms with Crippen molar-refractivity contribution in [2.45, 2.75) is 57.5 Å². The van der Waals surface area contributed by atoms with Gasteiger partial charge >= 0.3 is 0 Å². The standard InChI is InChI=1S/C20H27N3O5/c1-13-5-4-8-22(11-13)19(20(24)21-14-6-2-3-7-14)15-9-17-18(28-12-27-17)10-16(15)23(25)26/h9-10,13-14,19H,2-8,11-12H2,1H3,(H,21,24)/t13-,19+/m1/s1. The van der Waals surface area contributed by atoms with Crippen LogP contribution in [0.1, 0.15) is 57.1 Å². The van der Waals surface area contributed by atoms with Crippen molar-refractivity contribution in [3.8, 4) is 11.5 Å². The Hall–Kier alpha value is -2.35. The van der Waals surface area contributed by atoms with E-state index in [0.29, 0.717) is 23.0 Å². The molecule has 1 saturated carbocycles. The zero-order valence-electron chi connectivity index (χ0n) is 16.2. The number of fused-ring (bicyclic) bond motifs is 1. The Labute approximate surface area is 164 Å². The summed E-state index contributed by atoms with van der Waals surface area (Å²) >= 11 is 0. The maximum atomic E-state index is 13.3. The van der Waals surface area contributed by atoms with E-state index in [-0.39, 0.29) is 24.4 Å². The number of nitro groups is 1. The zero-order valence-corrected chi connectivity index (χ0v) is 16.2. The van der Waals surface area contributed by atoms with Crippen molar-refractivity contribution in [1.29, 1.82) is 0 Å². The summed E-state index contributed by atoms with van der Waals surface area (Å²) in [5.41, 5.74) is 0.299. The first kappa shape index (κ1) is 19.0. The minimum absolute atomic E-state index is 0.0373. The lowest BCUT2D eigenvalue weighted by Gasteiger charge is -2.37. The topological polar surface area (TPSA) is 93.9 Å². The van der Waals surface area contributed by atoms with E-state index >= 15 is 0 Å². The quantitative estimate of drug-likeness (QED) is 0.614. The minimum atomic E-state index is -0.696. The molecule has 28 heavy (non-hydrogen) atoms. The van der Waals surface area contributed by atoms with Gasteiger partial charge in [0.25, 0.3) is 5.69 Å². The highest BCUT2D eigenvalue weighted by Gasteiger charge is 2.38. The van der Waals surface area contributed by atoms with Crippen molar-refractivity contribution in [3.63, 3.8) is 0 Å². The van der Waals surface area contributed by atoms with Gasteiger partial charge in [0.05, 0.1) is 16.6 Å². The number of ether oxygens (including phenoxy) is 2. The number of hydrogen-bond donors (Lipinski definition) is 1. The number of likely N-dealkylation sites (tertiary alicyclic amines) is 1. The highest BCUT2D eigenvalue weighted by Crippen LogP contribution is 2.42. The highest BCUT2D eigenvalue weighted by atomic mass is 16.7. The Kier molecular flexibility index (Phi) is 5.39. The zero-order chi connectivity index (χ0) is 19.7. The molecule has 4 rings (SSSR count). The monoisotopic (exact) mass is 389 g/mol. The highest BCUT2D eigenvalue weighted by molar-refractivity contribution is 5.85. The van der Waals surface area contributed by atoms with Crippen molar-refractivity contribution in [3.05, 3.63) is 27.8 Å². The van der Waals surface area contributed by atoms with Gasteiger partial charge in [-0.3, -0.25) is 19.8 Å². The second kappa shape index (κ2) is 7.95. The van der Waals surface area contributed by atoms with E-state index in [4.69, 9.17) is 9.47 Å². The summed E-state index contributed by atoms with van der Waals surface area (Å²) in [6, 6.07) is 2.48. The van der Waals surface area contributed by atoms with Gasteiger partial charge in [-0.05, 0) is 44.2 Å². The van der Waals surface area contributed by atoms with Crippen molar-refractivity contribution >= 4 is 11.6 Å². The number of amides is 1. The van der Waals surface area contributed by atoms with E-state index in [9.17, 15) is 14.9 Å². The molecule has 0 unspecified atom stereocenters. The predicted octanol–water partition coefficient (Wildman–Crippen LogP) is 3.16. The van der Waals surface area contributed by atoms with Crippen LogP contribution in [0.3, 0.4) is 0 Å². The smallest absolute Gasteiger partial charge is 0.278 e. The molecule has 0 bridgehead atoms. The molecule has 1 amide bonds. The number of nitrogens with one attached hydrogen (secondary N) is 1. The van der Waals surface area contributed by atoms with E-state index in [2.05, 4.69) is 17.1 Å². The predicted molar refractivity (Wildman–Crippen MR) is 102 cm³/mol. The normalized spacial score (nSPS) is 23.5.